The van der Waals surface area contributed by atoms with Crippen molar-refractivity contribution in [3.63, 3.8) is 0 Å². The fourth-order valence-corrected chi connectivity index (χ4v) is 10.6. The number of piperidine rings is 2. The first-order chi connectivity index (χ1) is 32.1. The number of nitrogens with one attached hydrogen (secondary N) is 2. The van der Waals surface area contributed by atoms with Crippen LogP contribution in [0.5, 0.6) is 0 Å². The summed E-state index contributed by atoms with van der Waals surface area (Å²) in [4.78, 5) is 94.0. The number of rotatable bonds is 10. The lowest BCUT2D eigenvalue weighted by molar-refractivity contribution is -0.136. The van der Waals surface area contributed by atoms with Gasteiger partial charge in [-0.25, -0.2) is 14.4 Å². The molecule has 0 radical (unpaired) electrons. The second-order valence-corrected chi connectivity index (χ2v) is 19.1. The molecular formula is C49H51FN10O7. The van der Waals surface area contributed by atoms with Gasteiger partial charge in [0.15, 0.2) is 0 Å². The van der Waals surface area contributed by atoms with Gasteiger partial charge in [0.2, 0.25) is 11.8 Å². The van der Waals surface area contributed by atoms with Crippen molar-refractivity contribution in [1.82, 2.24) is 34.2 Å². The number of aromatic nitrogens is 4. The zero-order chi connectivity index (χ0) is 47.1. The van der Waals surface area contributed by atoms with Crippen LogP contribution in [-0.4, -0.2) is 102 Å². The van der Waals surface area contributed by atoms with Gasteiger partial charge in [0, 0.05) is 87.0 Å². The number of hydrogen-bond donors (Lipinski definition) is 3. The molecule has 67 heavy (non-hydrogen) atoms. The summed E-state index contributed by atoms with van der Waals surface area (Å²) in [7, 11) is 3.55. The molecule has 5 amide bonds. The lowest BCUT2D eigenvalue weighted by Gasteiger charge is -2.37. The summed E-state index contributed by atoms with van der Waals surface area (Å²) in [6.45, 7) is 6.76. The van der Waals surface area contributed by atoms with Crippen LogP contribution in [0.15, 0.2) is 65.8 Å². The molecule has 5 aliphatic rings. The average Bonchev–Trinajstić information content (AvgIpc) is 3.89. The first-order valence-electron chi connectivity index (χ1n) is 22.6. The molecule has 1 unspecified atom stereocenters. The summed E-state index contributed by atoms with van der Waals surface area (Å²) >= 11 is 0. The second kappa shape index (κ2) is 16.7. The maximum Gasteiger partial charge on any atom is 0.276 e. The maximum absolute atomic E-state index is 15.5. The number of benzene rings is 1. The number of pyridine rings is 3. The Balaban J connectivity index is 0.786. The summed E-state index contributed by atoms with van der Waals surface area (Å²) in [5.41, 5.74) is 6.13. The molecule has 17 nitrogen and oxygen atoms in total. The highest BCUT2D eigenvalue weighted by Gasteiger charge is 2.45. The van der Waals surface area contributed by atoms with E-state index in [9.17, 15) is 33.9 Å². The fraction of sp³-hybridized carbons (Fsp3) is 0.388. The van der Waals surface area contributed by atoms with E-state index in [2.05, 4.69) is 43.9 Å². The van der Waals surface area contributed by atoms with Crippen LogP contribution in [0.25, 0.3) is 11.1 Å². The standard InChI is InChI=1S/C49H51FN10O7/c1-49(2)21-27-19-39-48(67)59(16-15-58(39)40(27)22-49)43-35(26-61)32(9-12-51-43)28-18-37(47(66)56(4)24-28)53-41-7-5-31(23-52-41)57-13-10-30(11-14-57)55(3)25-29-17-33-34(20-36(29)50)46(65)60(45(33)64)38-6-8-42(62)54-44(38)63/h5,7,9,12,17-20,23-24,30,38,61H,6,8,10-11,13-16,21-22,25-26H2,1-4H3,(H,52,53)(H,54,62,63). The van der Waals surface area contributed by atoms with Crippen molar-refractivity contribution in [2.75, 3.05) is 41.8 Å². The van der Waals surface area contributed by atoms with Crippen LogP contribution in [0.1, 0.15) is 93.1 Å². The Bertz CT molecular complexity index is 2970. The number of fused-ring (bicyclic) bond motifs is 4. The number of halogens is 1. The van der Waals surface area contributed by atoms with Crippen molar-refractivity contribution in [3.8, 4) is 11.1 Å². The number of carbonyl (C=O) groups excluding carboxylic acids is 5. The highest BCUT2D eigenvalue weighted by molar-refractivity contribution is 6.23. The predicted octanol–water partition coefficient (Wildman–Crippen LogP) is 4.31. The quantitative estimate of drug-likeness (QED) is 0.169. The molecule has 2 fully saturated rings. The highest BCUT2D eigenvalue weighted by atomic mass is 19.1. The number of carbonyl (C=O) groups is 5. The Morgan fingerprint density at radius 2 is 1.66 bits per heavy atom. The van der Waals surface area contributed by atoms with Crippen molar-refractivity contribution in [1.29, 1.82) is 0 Å². The molecule has 0 spiro atoms. The number of aliphatic hydroxyl groups is 1. The van der Waals surface area contributed by atoms with Crippen LogP contribution < -0.4 is 26.0 Å². The topological polar surface area (TPSA) is 195 Å². The summed E-state index contributed by atoms with van der Waals surface area (Å²) in [6.07, 6.45) is 8.45. The van der Waals surface area contributed by atoms with Gasteiger partial charge in [-0.05, 0) is 98.2 Å². The Kier molecular flexibility index (Phi) is 10.9. The Hall–Kier alpha value is -7.05. The van der Waals surface area contributed by atoms with E-state index >= 15 is 4.39 Å². The lowest BCUT2D eigenvalue weighted by atomic mass is 9.90. The number of amides is 5. The van der Waals surface area contributed by atoms with E-state index < -0.39 is 35.5 Å². The maximum atomic E-state index is 15.5. The Morgan fingerprint density at radius 1 is 0.896 bits per heavy atom. The molecule has 0 bridgehead atoms. The van der Waals surface area contributed by atoms with E-state index in [0.717, 1.165) is 42.3 Å². The predicted molar refractivity (Wildman–Crippen MR) is 245 cm³/mol. The largest absolute Gasteiger partial charge is 0.392 e. The van der Waals surface area contributed by atoms with Crippen LogP contribution >= 0.6 is 0 Å². The third-order valence-electron chi connectivity index (χ3n) is 14.1. The number of hydrogen-bond acceptors (Lipinski definition) is 12. The molecule has 0 saturated carbocycles. The first kappa shape index (κ1) is 43.8. The van der Waals surface area contributed by atoms with Gasteiger partial charge in [-0.15, -0.1) is 0 Å². The van der Waals surface area contributed by atoms with Gasteiger partial charge < -0.3 is 24.5 Å². The van der Waals surface area contributed by atoms with Gasteiger partial charge in [-0.1, -0.05) is 13.8 Å². The molecule has 18 heteroatoms. The van der Waals surface area contributed by atoms with Crippen molar-refractivity contribution < 1.29 is 33.5 Å². The summed E-state index contributed by atoms with van der Waals surface area (Å²) < 4.78 is 19.1. The molecule has 1 aliphatic carbocycles. The van der Waals surface area contributed by atoms with Crippen LogP contribution in [0.3, 0.4) is 0 Å². The van der Waals surface area contributed by atoms with Crippen LogP contribution in [-0.2, 0) is 49.2 Å². The fourth-order valence-electron chi connectivity index (χ4n) is 10.6. The van der Waals surface area contributed by atoms with E-state index in [4.69, 9.17) is 0 Å². The second-order valence-electron chi connectivity index (χ2n) is 19.1. The van der Waals surface area contributed by atoms with E-state index in [1.807, 2.05) is 30.1 Å². The molecule has 5 aromatic rings. The molecule has 4 aromatic heterocycles. The SMILES string of the molecule is CN(Cc1cc2c(cc1F)C(=O)N(C1CCC(=O)NC1=O)C2=O)C1CCN(c2ccc(Nc3cc(-c4ccnc(N5CCn6c(cc7c6CC(C)(C)C7)C5=O)c4CO)cn(C)c3=O)nc2)CC1. The number of nitrogens with zero attached hydrogens (tertiary/aromatic N) is 8. The van der Waals surface area contributed by atoms with E-state index in [0.29, 0.717) is 60.2 Å². The van der Waals surface area contributed by atoms with Crippen LogP contribution in [0, 0.1) is 11.2 Å². The van der Waals surface area contributed by atoms with E-state index in [-0.39, 0.29) is 71.3 Å². The van der Waals surface area contributed by atoms with Crippen LogP contribution in [0.4, 0.5) is 27.4 Å². The molecule has 2 saturated heterocycles. The van der Waals surface area contributed by atoms with Crippen LogP contribution in [0.2, 0.25) is 0 Å². The molecule has 1 aromatic carbocycles. The normalized spacial score (nSPS) is 19.3. The van der Waals surface area contributed by atoms with Gasteiger partial charge in [-0.2, -0.15) is 0 Å². The molecule has 4 aliphatic heterocycles. The summed E-state index contributed by atoms with van der Waals surface area (Å²) in [5.74, 6) is -2.54. The van der Waals surface area contributed by atoms with E-state index in [1.165, 1.54) is 21.9 Å². The Morgan fingerprint density at radius 3 is 2.37 bits per heavy atom. The molecule has 8 heterocycles. The summed E-state index contributed by atoms with van der Waals surface area (Å²) in [6, 6.07) is 10.7. The number of anilines is 4. The van der Waals surface area contributed by atoms with Gasteiger partial charge in [0.1, 0.15) is 34.9 Å². The summed E-state index contributed by atoms with van der Waals surface area (Å²) in [5, 5.41) is 16.1. The minimum absolute atomic E-state index is 0.00461. The van der Waals surface area contributed by atoms with Crippen molar-refractivity contribution in [2.45, 2.75) is 84.2 Å². The minimum atomic E-state index is -1.13. The Labute approximate surface area is 385 Å². The van der Waals surface area contributed by atoms with Crippen molar-refractivity contribution in [2.24, 2.45) is 12.5 Å². The van der Waals surface area contributed by atoms with Gasteiger partial charge >= 0.3 is 0 Å². The average molecular weight is 911 g/mol. The third kappa shape index (κ3) is 7.76. The van der Waals surface area contributed by atoms with E-state index in [1.54, 1.807) is 42.7 Å². The van der Waals surface area contributed by atoms with Gasteiger partial charge in [0.25, 0.3) is 23.3 Å². The number of aliphatic hydroxyl groups excluding tert-OH is 1. The zero-order valence-electron chi connectivity index (χ0n) is 37.8. The van der Waals surface area contributed by atoms with Gasteiger partial charge in [-0.3, -0.25) is 48.8 Å². The van der Waals surface area contributed by atoms with Crippen molar-refractivity contribution in [3.05, 3.63) is 116 Å². The number of imide groups is 2. The highest BCUT2D eigenvalue weighted by Crippen LogP contribution is 2.40. The molecule has 1 atom stereocenters. The monoisotopic (exact) mass is 910 g/mol. The first-order valence-corrected chi connectivity index (χ1v) is 22.6. The van der Waals surface area contributed by atoms with Gasteiger partial charge in [0.05, 0.1) is 29.6 Å². The molecule has 3 N–H and O–H groups in total. The molecule has 346 valence electrons. The minimum Gasteiger partial charge on any atom is -0.392 e. The lowest BCUT2D eigenvalue weighted by Crippen LogP contribution is -2.54. The third-order valence-corrected chi connectivity index (χ3v) is 14.1. The molecule has 10 rings (SSSR count). The number of aryl methyl sites for hydroxylation is 1. The molecular weight excluding hydrogens is 860 g/mol. The smallest absolute Gasteiger partial charge is 0.276 e. The van der Waals surface area contributed by atoms with Crippen molar-refractivity contribution >= 4 is 52.5 Å². The zero-order valence-corrected chi connectivity index (χ0v) is 37.8.